The number of aliphatic hydroxyl groups is 1. The summed E-state index contributed by atoms with van der Waals surface area (Å²) in [4.78, 5) is 12.8. The van der Waals surface area contributed by atoms with E-state index in [2.05, 4.69) is 17.1 Å². The summed E-state index contributed by atoms with van der Waals surface area (Å²) in [5.41, 5.74) is 5.23. The fraction of sp³-hybridized carbons (Fsp3) is 0.545. The number of aliphatic hydroxyl groups excluding tert-OH is 1. The lowest BCUT2D eigenvalue weighted by Gasteiger charge is -2.21. The van der Waals surface area contributed by atoms with Crippen molar-refractivity contribution in [3.05, 3.63) is 17.8 Å². The number of nitrogens with two attached hydrogens (primary N) is 1. The monoisotopic (exact) mass is 238 g/mol. The number of carbonyl (C=O) groups excluding carboxylic acids is 1. The number of carbonyl (C=O) groups is 1. The predicted molar refractivity (Wildman–Crippen MR) is 64.8 cm³/mol. The Bertz CT molecular complexity index is 353. The molecule has 1 heterocycles. The van der Waals surface area contributed by atoms with E-state index in [0.717, 1.165) is 19.4 Å². The molecule has 0 saturated heterocycles. The van der Waals surface area contributed by atoms with Crippen LogP contribution in [0.25, 0.3) is 0 Å². The third-order valence-electron chi connectivity index (χ3n) is 2.38. The molecule has 1 amide bonds. The molecule has 0 saturated carbocycles. The van der Waals surface area contributed by atoms with Crippen LogP contribution >= 0.6 is 0 Å². The van der Waals surface area contributed by atoms with Gasteiger partial charge < -0.3 is 15.7 Å². The van der Waals surface area contributed by atoms with Crippen LogP contribution in [0.4, 0.5) is 5.82 Å². The van der Waals surface area contributed by atoms with Crippen molar-refractivity contribution in [3.8, 4) is 0 Å². The average Bonchev–Trinajstić information content (AvgIpc) is 2.34. The number of anilines is 1. The van der Waals surface area contributed by atoms with Crippen molar-refractivity contribution < 1.29 is 9.90 Å². The number of hydrogen-bond donors (Lipinski definition) is 2. The minimum absolute atomic E-state index is 0.0585. The highest BCUT2D eigenvalue weighted by Gasteiger charge is 2.09. The molecule has 1 aromatic heterocycles. The zero-order valence-electron chi connectivity index (χ0n) is 9.96. The van der Waals surface area contributed by atoms with Gasteiger partial charge in [-0.3, -0.25) is 4.79 Å². The molecule has 17 heavy (non-hydrogen) atoms. The highest BCUT2D eigenvalue weighted by Crippen LogP contribution is 2.10. The first-order chi connectivity index (χ1) is 8.19. The van der Waals surface area contributed by atoms with Crippen LogP contribution in [0.15, 0.2) is 12.1 Å². The molecule has 0 bridgehead atoms. The van der Waals surface area contributed by atoms with Crippen molar-refractivity contribution in [2.75, 3.05) is 24.6 Å². The van der Waals surface area contributed by atoms with Crippen molar-refractivity contribution in [2.45, 2.75) is 19.8 Å². The quantitative estimate of drug-likeness (QED) is 0.706. The standard InChI is InChI=1S/C11H18N4O2/c1-2-3-6-15(7-8-16)10-5-4-9(11(12)17)13-14-10/h4-5,16H,2-3,6-8H2,1H3,(H2,12,17). The van der Waals surface area contributed by atoms with Crippen LogP contribution in [0.2, 0.25) is 0 Å². The molecule has 1 aromatic rings. The zero-order valence-corrected chi connectivity index (χ0v) is 9.96. The van der Waals surface area contributed by atoms with E-state index < -0.39 is 5.91 Å². The average molecular weight is 238 g/mol. The lowest BCUT2D eigenvalue weighted by Crippen LogP contribution is -2.29. The maximum atomic E-state index is 10.8. The van der Waals surface area contributed by atoms with Gasteiger partial charge in [-0.15, -0.1) is 10.2 Å². The molecule has 94 valence electrons. The van der Waals surface area contributed by atoms with Crippen LogP contribution in [0, 0.1) is 0 Å². The first kappa shape index (κ1) is 13.4. The summed E-state index contributed by atoms with van der Waals surface area (Å²) in [5, 5.41) is 16.7. The Balaban J connectivity index is 2.75. The van der Waals surface area contributed by atoms with Gasteiger partial charge in [-0.05, 0) is 18.6 Å². The molecule has 0 radical (unpaired) electrons. The minimum atomic E-state index is -0.591. The lowest BCUT2D eigenvalue weighted by atomic mass is 10.3. The van der Waals surface area contributed by atoms with Gasteiger partial charge in [-0.25, -0.2) is 0 Å². The molecule has 0 atom stereocenters. The zero-order chi connectivity index (χ0) is 12.7. The molecule has 0 aliphatic rings. The van der Waals surface area contributed by atoms with Gasteiger partial charge in [0.05, 0.1) is 6.61 Å². The third kappa shape index (κ3) is 3.99. The van der Waals surface area contributed by atoms with Crippen LogP contribution in [-0.2, 0) is 0 Å². The second-order valence-corrected chi connectivity index (χ2v) is 3.71. The van der Waals surface area contributed by atoms with Gasteiger partial charge in [0, 0.05) is 13.1 Å². The molecule has 0 aliphatic carbocycles. The molecular formula is C11H18N4O2. The Morgan fingerprint density at radius 2 is 2.18 bits per heavy atom. The van der Waals surface area contributed by atoms with Gasteiger partial charge in [-0.2, -0.15) is 0 Å². The Kier molecular flexibility index (Phi) is 5.35. The van der Waals surface area contributed by atoms with Crippen molar-refractivity contribution in [1.29, 1.82) is 0 Å². The summed E-state index contributed by atoms with van der Waals surface area (Å²) in [6.45, 7) is 3.47. The SMILES string of the molecule is CCCCN(CCO)c1ccc(C(N)=O)nn1. The summed E-state index contributed by atoms with van der Waals surface area (Å²) >= 11 is 0. The smallest absolute Gasteiger partial charge is 0.269 e. The van der Waals surface area contributed by atoms with E-state index in [1.807, 2.05) is 4.90 Å². The lowest BCUT2D eigenvalue weighted by molar-refractivity contribution is 0.0994. The fourth-order valence-electron chi connectivity index (χ4n) is 1.44. The molecule has 0 unspecified atom stereocenters. The molecule has 6 nitrogen and oxygen atoms in total. The van der Waals surface area contributed by atoms with E-state index in [9.17, 15) is 4.79 Å². The van der Waals surface area contributed by atoms with Crippen LogP contribution in [-0.4, -0.2) is 40.9 Å². The Morgan fingerprint density at radius 1 is 1.41 bits per heavy atom. The van der Waals surface area contributed by atoms with E-state index in [1.165, 1.54) is 0 Å². The number of hydrogen-bond acceptors (Lipinski definition) is 5. The second kappa shape index (κ2) is 6.80. The molecular weight excluding hydrogens is 220 g/mol. The fourth-order valence-corrected chi connectivity index (χ4v) is 1.44. The van der Waals surface area contributed by atoms with Crippen LogP contribution < -0.4 is 10.6 Å². The van der Waals surface area contributed by atoms with Gasteiger partial charge in [-0.1, -0.05) is 13.3 Å². The molecule has 3 N–H and O–H groups in total. The van der Waals surface area contributed by atoms with E-state index in [1.54, 1.807) is 12.1 Å². The first-order valence-electron chi connectivity index (χ1n) is 5.68. The van der Waals surface area contributed by atoms with Crippen molar-refractivity contribution >= 4 is 11.7 Å². The van der Waals surface area contributed by atoms with E-state index >= 15 is 0 Å². The molecule has 0 fully saturated rings. The minimum Gasteiger partial charge on any atom is -0.395 e. The highest BCUT2D eigenvalue weighted by atomic mass is 16.3. The normalized spacial score (nSPS) is 10.2. The van der Waals surface area contributed by atoms with Crippen LogP contribution in [0.3, 0.4) is 0 Å². The molecule has 0 aliphatic heterocycles. The first-order valence-corrected chi connectivity index (χ1v) is 5.68. The van der Waals surface area contributed by atoms with Gasteiger partial charge >= 0.3 is 0 Å². The van der Waals surface area contributed by atoms with Gasteiger partial charge in [0.1, 0.15) is 0 Å². The highest BCUT2D eigenvalue weighted by molar-refractivity contribution is 5.90. The topological polar surface area (TPSA) is 92.3 Å². The van der Waals surface area contributed by atoms with E-state index in [4.69, 9.17) is 10.8 Å². The largest absolute Gasteiger partial charge is 0.395 e. The number of aromatic nitrogens is 2. The summed E-state index contributed by atoms with van der Waals surface area (Å²) < 4.78 is 0. The third-order valence-corrected chi connectivity index (χ3v) is 2.38. The molecule has 0 spiro atoms. The van der Waals surface area contributed by atoms with Crippen molar-refractivity contribution in [3.63, 3.8) is 0 Å². The Hall–Kier alpha value is -1.69. The molecule has 6 heteroatoms. The number of primary amides is 1. The maximum absolute atomic E-state index is 10.8. The van der Waals surface area contributed by atoms with Crippen LogP contribution in [0.1, 0.15) is 30.3 Å². The van der Waals surface area contributed by atoms with E-state index in [-0.39, 0.29) is 12.3 Å². The summed E-state index contributed by atoms with van der Waals surface area (Å²) in [6.07, 6.45) is 2.08. The second-order valence-electron chi connectivity index (χ2n) is 3.71. The Labute approximate surface area is 100 Å². The maximum Gasteiger partial charge on any atom is 0.269 e. The number of unbranched alkanes of at least 4 members (excludes halogenated alkanes) is 1. The van der Waals surface area contributed by atoms with Gasteiger partial charge in [0.15, 0.2) is 11.5 Å². The predicted octanol–water partition coefficient (Wildman–Crippen LogP) is 0.174. The number of amides is 1. The van der Waals surface area contributed by atoms with Crippen LogP contribution in [0.5, 0.6) is 0 Å². The van der Waals surface area contributed by atoms with E-state index in [0.29, 0.717) is 12.4 Å². The molecule has 0 aromatic carbocycles. The number of nitrogens with zero attached hydrogens (tertiary/aromatic N) is 3. The molecule has 1 rings (SSSR count). The summed E-state index contributed by atoms with van der Waals surface area (Å²) in [5.74, 6) is 0.0591. The Morgan fingerprint density at radius 3 is 2.65 bits per heavy atom. The summed E-state index contributed by atoms with van der Waals surface area (Å²) in [7, 11) is 0. The van der Waals surface area contributed by atoms with Gasteiger partial charge in [0.25, 0.3) is 5.91 Å². The summed E-state index contributed by atoms with van der Waals surface area (Å²) in [6, 6.07) is 3.24. The number of rotatable bonds is 7. The van der Waals surface area contributed by atoms with Crippen molar-refractivity contribution in [2.24, 2.45) is 5.73 Å². The van der Waals surface area contributed by atoms with Crippen molar-refractivity contribution in [1.82, 2.24) is 10.2 Å². The van der Waals surface area contributed by atoms with Gasteiger partial charge in [0.2, 0.25) is 0 Å².